The molecule has 0 saturated heterocycles. The van der Waals surface area contributed by atoms with Gasteiger partial charge in [0.1, 0.15) is 11.5 Å². The molecule has 2 aromatic rings. The molecule has 1 fully saturated rings. The van der Waals surface area contributed by atoms with Crippen LogP contribution in [0.15, 0.2) is 45.6 Å². The number of hydrogen-bond acceptors (Lipinski definition) is 4. The van der Waals surface area contributed by atoms with Gasteiger partial charge >= 0.3 is 0 Å². The SMILES string of the molecule is CC(NCCN(Cc1ccco1)C1CC1)c1ccco1. The van der Waals surface area contributed by atoms with Gasteiger partial charge in [-0.25, -0.2) is 0 Å². The molecular weight excluding hydrogens is 252 g/mol. The fraction of sp³-hybridized carbons (Fsp3) is 0.500. The molecule has 3 rings (SSSR count). The van der Waals surface area contributed by atoms with E-state index in [0.29, 0.717) is 0 Å². The van der Waals surface area contributed by atoms with Gasteiger partial charge in [-0.2, -0.15) is 0 Å². The van der Waals surface area contributed by atoms with Crippen molar-refractivity contribution in [1.29, 1.82) is 0 Å². The smallest absolute Gasteiger partial charge is 0.120 e. The zero-order valence-corrected chi connectivity index (χ0v) is 11.9. The van der Waals surface area contributed by atoms with Crippen molar-refractivity contribution in [3.8, 4) is 0 Å². The van der Waals surface area contributed by atoms with Crippen LogP contribution in [0.4, 0.5) is 0 Å². The highest BCUT2D eigenvalue weighted by Gasteiger charge is 2.29. The fourth-order valence-corrected chi connectivity index (χ4v) is 2.50. The molecular formula is C16H22N2O2. The standard InChI is InChI=1S/C16H22N2O2/c1-13(16-5-3-11-20-16)17-8-9-18(14-6-7-14)12-15-4-2-10-19-15/h2-5,10-11,13-14,17H,6-9,12H2,1H3. The van der Waals surface area contributed by atoms with Gasteiger partial charge in [0.15, 0.2) is 0 Å². The minimum Gasteiger partial charge on any atom is -0.468 e. The first kappa shape index (κ1) is 13.5. The second-order valence-corrected chi connectivity index (χ2v) is 5.47. The zero-order chi connectivity index (χ0) is 13.8. The molecule has 20 heavy (non-hydrogen) atoms. The molecule has 4 heteroatoms. The Labute approximate surface area is 119 Å². The van der Waals surface area contributed by atoms with Gasteiger partial charge in [0.2, 0.25) is 0 Å². The van der Waals surface area contributed by atoms with Crippen molar-refractivity contribution in [2.45, 2.75) is 38.4 Å². The summed E-state index contributed by atoms with van der Waals surface area (Å²) in [6.07, 6.45) is 6.10. The van der Waals surface area contributed by atoms with Crippen molar-refractivity contribution in [1.82, 2.24) is 10.2 Å². The molecule has 1 N–H and O–H groups in total. The molecule has 0 aromatic carbocycles. The van der Waals surface area contributed by atoms with Gasteiger partial charge in [-0.05, 0) is 44.0 Å². The Morgan fingerprint density at radius 3 is 2.70 bits per heavy atom. The summed E-state index contributed by atoms with van der Waals surface area (Å²) in [6.45, 7) is 5.04. The first-order valence-electron chi connectivity index (χ1n) is 7.36. The highest BCUT2D eigenvalue weighted by molar-refractivity contribution is 5.03. The van der Waals surface area contributed by atoms with Gasteiger partial charge in [0.05, 0.1) is 25.1 Å². The number of nitrogens with one attached hydrogen (secondary N) is 1. The van der Waals surface area contributed by atoms with Crippen molar-refractivity contribution in [2.75, 3.05) is 13.1 Å². The molecule has 4 nitrogen and oxygen atoms in total. The third kappa shape index (κ3) is 3.52. The minimum atomic E-state index is 0.259. The monoisotopic (exact) mass is 274 g/mol. The van der Waals surface area contributed by atoms with Crippen LogP contribution >= 0.6 is 0 Å². The van der Waals surface area contributed by atoms with Gasteiger partial charge in [-0.1, -0.05) is 0 Å². The van der Waals surface area contributed by atoms with Gasteiger partial charge in [-0.15, -0.1) is 0 Å². The minimum absolute atomic E-state index is 0.259. The predicted octanol–water partition coefficient (Wildman–Crippen LogP) is 3.19. The van der Waals surface area contributed by atoms with E-state index in [1.54, 1.807) is 12.5 Å². The Morgan fingerprint density at radius 1 is 1.25 bits per heavy atom. The molecule has 2 aromatic heterocycles. The van der Waals surface area contributed by atoms with Crippen molar-refractivity contribution < 1.29 is 8.83 Å². The molecule has 0 radical (unpaired) electrons. The van der Waals surface area contributed by atoms with Crippen LogP contribution in [0.1, 0.15) is 37.3 Å². The lowest BCUT2D eigenvalue weighted by Crippen LogP contribution is -2.34. The summed E-state index contributed by atoms with van der Waals surface area (Å²) >= 11 is 0. The third-order valence-corrected chi connectivity index (χ3v) is 3.82. The van der Waals surface area contributed by atoms with Crippen molar-refractivity contribution >= 4 is 0 Å². The molecule has 1 atom stereocenters. The van der Waals surface area contributed by atoms with Crippen molar-refractivity contribution in [2.24, 2.45) is 0 Å². The van der Waals surface area contributed by atoms with Gasteiger partial charge in [-0.3, -0.25) is 4.90 Å². The van der Waals surface area contributed by atoms with E-state index in [1.807, 2.05) is 24.3 Å². The molecule has 1 aliphatic carbocycles. The van der Waals surface area contributed by atoms with Crippen LogP contribution in [0.3, 0.4) is 0 Å². The maximum absolute atomic E-state index is 5.45. The lowest BCUT2D eigenvalue weighted by Gasteiger charge is -2.22. The van der Waals surface area contributed by atoms with Crippen LogP contribution in [-0.4, -0.2) is 24.0 Å². The number of furan rings is 2. The Bertz CT molecular complexity index is 489. The summed E-state index contributed by atoms with van der Waals surface area (Å²) in [5.41, 5.74) is 0. The Kier molecular flexibility index (Phi) is 4.23. The zero-order valence-electron chi connectivity index (χ0n) is 11.9. The second-order valence-electron chi connectivity index (χ2n) is 5.47. The highest BCUT2D eigenvalue weighted by atomic mass is 16.3. The molecule has 0 spiro atoms. The van der Waals surface area contributed by atoms with E-state index in [4.69, 9.17) is 8.83 Å². The Hall–Kier alpha value is -1.52. The second kappa shape index (κ2) is 6.29. The van der Waals surface area contributed by atoms with Gasteiger partial charge in [0.25, 0.3) is 0 Å². The van der Waals surface area contributed by atoms with Gasteiger partial charge < -0.3 is 14.2 Å². The van der Waals surface area contributed by atoms with Crippen LogP contribution in [0, 0.1) is 0 Å². The molecule has 1 unspecified atom stereocenters. The molecule has 2 heterocycles. The largest absolute Gasteiger partial charge is 0.468 e. The van der Waals surface area contributed by atoms with E-state index < -0.39 is 0 Å². The first-order chi connectivity index (χ1) is 9.83. The summed E-state index contributed by atoms with van der Waals surface area (Å²) < 4.78 is 10.9. The highest BCUT2D eigenvalue weighted by Crippen LogP contribution is 2.28. The van der Waals surface area contributed by atoms with E-state index >= 15 is 0 Å². The van der Waals surface area contributed by atoms with Gasteiger partial charge in [0, 0.05) is 19.1 Å². The maximum atomic E-state index is 5.45. The van der Waals surface area contributed by atoms with E-state index in [1.165, 1.54) is 12.8 Å². The lowest BCUT2D eigenvalue weighted by atomic mass is 10.2. The van der Waals surface area contributed by atoms with Crippen molar-refractivity contribution in [3.63, 3.8) is 0 Å². The Balaban J connectivity index is 1.45. The quantitative estimate of drug-likeness (QED) is 0.802. The number of hydrogen-bond donors (Lipinski definition) is 1. The number of nitrogens with zero attached hydrogens (tertiary/aromatic N) is 1. The van der Waals surface area contributed by atoms with Crippen LogP contribution < -0.4 is 5.32 Å². The number of rotatable bonds is 8. The van der Waals surface area contributed by atoms with Crippen LogP contribution in [0.5, 0.6) is 0 Å². The normalized spacial score (nSPS) is 16.7. The summed E-state index contributed by atoms with van der Waals surface area (Å²) in [5, 5.41) is 3.51. The van der Waals surface area contributed by atoms with Crippen LogP contribution in [-0.2, 0) is 6.54 Å². The molecule has 1 aliphatic rings. The third-order valence-electron chi connectivity index (χ3n) is 3.82. The van der Waals surface area contributed by atoms with E-state index in [0.717, 1.165) is 37.2 Å². The average Bonchev–Trinajstić information content (AvgIpc) is 2.94. The molecule has 1 saturated carbocycles. The van der Waals surface area contributed by atoms with E-state index in [2.05, 4.69) is 17.1 Å². The summed E-state index contributed by atoms with van der Waals surface area (Å²) in [4.78, 5) is 2.50. The Morgan fingerprint density at radius 2 is 2.05 bits per heavy atom. The first-order valence-corrected chi connectivity index (χ1v) is 7.36. The van der Waals surface area contributed by atoms with E-state index in [9.17, 15) is 0 Å². The van der Waals surface area contributed by atoms with E-state index in [-0.39, 0.29) is 6.04 Å². The predicted molar refractivity (Wildman–Crippen MR) is 77.3 cm³/mol. The average molecular weight is 274 g/mol. The molecule has 0 amide bonds. The summed E-state index contributed by atoms with van der Waals surface area (Å²) in [7, 11) is 0. The van der Waals surface area contributed by atoms with Crippen LogP contribution in [0.2, 0.25) is 0 Å². The lowest BCUT2D eigenvalue weighted by molar-refractivity contribution is 0.230. The summed E-state index contributed by atoms with van der Waals surface area (Å²) in [6, 6.07) is 8.95. The van der Waals surface area contributed by atoms with Crippen molar-refractivity contribution in [3.05, 3.63) is 48.3 Å². The molecule has 0 aliphatic heterocycles. The van der Waals surface area contributed by atoms with Crippen LogP contribution in [0.25, 0.3) is 0 Å². The molecule has 0 bridgehead atoms. The topological polar surface area (TPSA) is 41.5 Å². The summed E-state index contributed by atoms with van der Waals surface area (Å²) in [5.74, 6) is 2.05. The fourth-order valence-electron chi connectivity index (χ4n) is 2.50. The molecule has 108 valence electrons. The maximum Gasteiger partial charge on any atom is 0.120 e.